The molecule has 0 aromatic carbocycles. The Hall–Kier alpha value is -0.120. The fraction of sp³-hybridized carbons (Fsp3) is 1.00. The number of aliphatic hydroxyl groups is 2. The van der Waals surface area contributed by atoms with Crippen molar-refractivity contribution in [2.24, 2.45) is 11.8 Å². The van der Waals surface area contributed by atoms with E-state index in [1.807, 2.05) is 14.0 Å². The van der Waals surface area contributed by atoms with E-state index in [4.69, 9.17) is 5.11 Å². The minimum Gasteiger partial charge on any atom is -0.395 e. The molecular weight excluding hydrogens is 214 g/mol. The van der Waals surface area contributed by atoms with Crippen LogP contribution in [0.1, 0.15) is 46.0 Å². The molecule has 1 aliphatic carbocycles. The van der Waals surface area contributed by atoms with E-state index in [0.717, 1.165) is 25.3 Å². The summed E-state index contributed by atoms with van der Waals surface area (Å²) in [5.41, 5.74) is 0. The summed E-state index contributed by atoms with van der Waals surface area (Å²) >= 11 is 0. The maximum absolute atomic E-state index is 10.1. The molecule has 0 spiro atoms. The molecule has 1 rings (SSSR count). The van der Waals surface area contributed by atoms with Crippen molar-refractivity contribution < 1.29 is 10.2 Å². The number of hydrogen-bond acceptors (Lipinski definition) is 3. The highest BCUT2D eigenvalue weighted by Crippen LogP contribution is 2.32. The second kappa shape index (κ2) is 7.34. The Balaban J connectivity index is 2.43. The number of aliphatic hydroxyl groups excluding tert-OH is 2. The molecule has 3 nitrogen and oxygen atoms in total. The third-order valence-electron chi connectivity index (χ3n) is 4.29. The average molecular weight is 243 g/mol. The minimum absolute atomic E-state index is 0.142. The summed E-state index contributed by atoms with van der Waals surface area (Å²) in [6.45, 7) is 5.36. The van der Waals surface area contributed by atoms with Gasteiger partial charge in [-0.1, -0.05) is 19.8 Å². The van der Waals surface area contributed by atoms with Crippen molar-refractivity contribution in [2.45, 2.75) is 58.1 Å². The molecule has 17 heavy (non-hydrogen) atoms. The van der Waals surface area contributed by atoms with Crippen molar-refractivity contribution >= 4 is 0 Å². The van der Waals surface area contributed by atoms with Crippen LogP contribution in [-0.4, -0.2) is 47.5 Å². The molecule has 0 saturated heterocycles. The number of nitrogens with zero attached hydrogens (tertiary/aromatic N) is 1. The van der Waals surface area contributed by atoms with E-state index < -0.39 is 0 Å². The summed E-state index contributed by atoms with van der Waals surface area (Å²) in [7, 11) is 2.04. The van der Waals surface area contributed by atoms with Crippen LogP contribution in [0.5, 0.6) is 0 Å². The molecule has 1 fully saturated rings. The lowest BCUT2D eigenvalue weighted by molar-refractivity contribution is 0.0194. The summed E-state index contributed by atoms with van der Waals surface area (Å²) < 4.78 is 0. The summed E-state index contributed by atoms with van der Waals surface area (Å²) in [6.07, 6.45) is 5.69. The standard InChI is InChI=1S/C14H29NO2/c1-4-5-12-6-7-14(17)13(8-12)9-15(3)11(2)10-16/h11-14,16-17H,4-10H2,1-3H3. The lowest BCUT2D eigenvalue weighted by Crippen LogP contribution is -2.41. The lowest BCUT2D eigenvalue weighted by atomic mass is 9.77. The highest BCUT2D eigenvalue weighted by molar-refractivity contribution is 4.82. The van der Waals surface area contributed by atoms with Gasteiger partial charge in [-0.2, -0.15) is 0 Å². The normalized spacial score (nSPS) is 31.8. The van der Waals surface area contributed by atoms with Crippen molar-refractivity contribution in [3.63, 3.8) is 0 Å². The van der Waals surface area contributed by atoms with Gasteiger partial charge in [0.25, 0.3) is 0 Å². The van der Waals surface area contributed by atoms with E-state index in [0.29, 0.717) is 5.92 Å². The Kier molecular flexibility index (Phi) is 6.45. The molecule has 0 bridgehead atoms. The summed E-state index contributed by atoms with van der Waals surface area (Å²) in [4.78, 5) is 2.17. The second-order valence-corrected chi connectivity index (χ2v) is 5.77. The van der Waals surface area contributed by atoms with Gasteiger partial charge < -0.3 is 15.1 Å². The van der Waals surface area contributed by atoms with Gasteiger partial charge in [0.1, 0.15) is 0 Å². The molecule has 0 radical (unpaired) electrons. The van der Waals surface area contributed by atoms with Crippen molar-refractivity contribution in [1.82, 2.24) is 4.90 Å². The molecule has 1 aliphatic rings. The maximum atomic E-state index is 10.1. The number of likely N-dealkylation sites (N-methyl/N-ethyl adjacent to an activating group) is 1. The van der Waals surface area contributed by atoms with Crippen LogP contribution in [-0.2, 0) is 0 Å². The highest BCUT2D eigenvalue weighted by atomic mass is 16.3. The van der Waals surface area contributed by atoms with Gasteiger partial charge in [0.05, 0.1) is 12.7 Å². The zero-order valence-corrected chi connectivity index (χ0v) is 11.6. The Morgan fingerprint density at radius 3 is 2.65 bits per heavy atom. The van der Waals surface area contributed by atoms with E-state index in [2.05, 4.69) is 11.8 Å². The largest absolute Gasteiger partial charge is 0.395 e. The average Bonchev–Trinajstić information content (AvgIpc) is 2.32. The zero-order valence-electron chi connectivity index (χ0n) is 11.6. The summed E-state index contributed by atoms with van der Waals surface area (Å²) in [5, 5.41) is 19.2. The van der Waals surface area contributed by atoms with Crippen LogP contribution < -0.4 is 0 Å². The van der Waals surface area contributed by atoms with Gasteiger partial charge >= 0.3 is 0 Å². The maximum Gasteiger partial charge on any atom is 0.0584 e. The van der Waals surface area contributed by atoms with Crippen LogP contribution in [0.15, 0.2) is 0 Å². The first-order valence-corrected chi connectivity index (χ1v) is 7.07. The molecule has 4 atom stereocenters. The van der Waals surface area contributed by atoms with E-state index in [1.165, 1.54) is 19.3 Å². The number of hydrogen-bond donors (Lipinski definition) is 2. The third kappa shape index (κ3) is 4.57. The van der Waals surface area contributed by atoms with E-state index in [-0.39, 0.29) is 18.8 Å². The third-order valence-corrected chi connectivity index (χ3v) is 4.29. The fourth-order valence-electron chi connectivity index (χ4n) is 2.90. The highest BCUT2D eigenvalue weighted by Gasteiger charge is 2.30. The van der Waals surface area contributed by atoms with E-state index >= 15 is 0 Å². The van der Waals surface area contributed by atoms with E-state index in [1.54, 1.807) is 0 Å². The van der Waals surface area contributed by atoms with Crippen molar-refractivity contribution in [1.29, 1.82) is 0 Å². The predicted octanol–water partition coefficient (Wildman–Crippen LogP) is 1.88. The smallest absolute Gasteiger partial charge is 0.0584 e. The molecule has 4 unspecified atom stereocenters. The predicted molar refractivity (Wildman–Crippen MR) is 70.9 cm³/mol. The van der Waals surface area contributed by atoms with Gasteiger partial charge in [-0.15, -0.1) is 0 Å². The van der Waals surface area contributed by atoms with Crippen LogP contribution in [0.3, 0.4) is 0 Å². The minimum atomic E-state index is -0.142. The number of rotatable bonds is 6. The molecule has 0 heterocycles. The van der Waals surface area contributed by atoms with E-state index in [9.17, 15) is 5.11 Å². The quantitative estimate of drug-likeness (QED) is 0.748. The molecule has 1 saturated carbocycles. The zero-order chi connectivity index (χ0) is 12.8. The van der Waals surface area contributed by atoms with Crippen molar-refractivity contribution in [2.75, 3.05) is 20.2 Å². The van der Waals surface area contributed by atoms with Crippen LogP contribution in [0.2, 0.25) is 0 Å². The molecule has 3 heteroatoms. The molecule has 2 N–H and O–H groups in total. The molecule has 0 aliphatic heterocycles. The first kappa shape index (κ1) is 14.9. The second-order valence-electron chi connectivity index (χ2n) is 5.77. The van der Waals surface area contributed by atoms with Gasteiger partial charge in [0.2, 0.25) is 0 Å². The van der Waals surface area contributed by atoms with Gasteiger partial charge in [-0.25, -0.2) is 0 Å². The summed E-state index contributed by atoms with van der Waals surface area (Å²) in [5.74, 6) is 1.19. The Labute approximate surface area is 106 Å². The van der Waals surface area contributed by atoms with Crippen LogP contribution in [0.4, 0.5) is 0 Å². The van der Waals surface area contributed by atoms with Crippen molar-refractivity contribution in [3.05, 3.63) is 0 Å². The van der Waals surface area contributed by atoms with Gasteiger partial charge in [-0.3, -0.25) is 0 Å². The summed E-state index contributed by atoms with van der Waals surface area (Å²) in [6, 6.07) is 0.189. The van der Waals surface area contributed by atoms with Gasteiger partial charge in [-0.05, 0) is 45.1 Å². The molecule has 0 aromatic heterocycles. The van der Waals surface area contributed by atoms with Gasteiger partial charge in [0.15, 0.2) is 0 Å². The lowest BCUT2D eigenvalue weighted by Gasteiger charge is -2.37. The Morgan fingerprint density at radius 1 is 1.35 bits per heavy atom. The molecule has 102 valence electrons. The fourth-order valence-corrected chi connectivity index (χ4v) is 2.90. The molecule has 0 aromatic rings. The monoisotopic (exact) mass is 243 g/mol. The Morgan fingerprint density at radius 2 is 2.06 bits per heavy atom. The van der Waals surface area contributed by atoms with Crippen molar-refractivity contribution in [3.8, 4) is 0 Å². The Bertz CT molecular complexity index is 210. The van der Waals surface area contributed by atoms with Crippen LogP contribution in [0.25, 0.3) is 0 Å². The van der Waals surface area contributed by atoms with Crippen LogP contribution >= 0.6 is 0 Å². The topological polar surface area (TPSA) is 43.7 Å². The first-order chi connectivity index (χ1) is 8.08. The van der Waals surface area contributed by atoms with Gasteiger partial charge in [0, 0.05) is 12.6 Å². The molecular formula is C14H29NO2. The SMILES string of the molecule is CCCC1CCC(O)C(CN(C)C(C)CO)C1. The van der Waals surface area contributed by atoms with Crippen LogP contribution in [0, 0.1) is 11.8 Å². The first-order valence-electron chi connectivity index (χ1n) is 7.07. The molecule has 0 amide bonds.